The molecular formula is C25H25BrN2O4S. The highest BCUT2D eigenvalue weighted by molar-refractivity contribution is 9.10. The second-order valence-electron chi connectivity index (χ2n) is 7.73. The molecule has 0 atom stereocenters. The smallest absolute Gasteiger partial charge is 0.243 e. The first kappa shape index (κ1) is 23.5. The lowest BCUT2D eigenvalue weighted by atomic mass is 10.2. The summed E-state index contributed by atoms with van der Waals surface area (Å²) in [5.74, 6) is 0.350. The van der Waals surface area contributed by atoms with Gasteiger partial charge in [0, 0.05) is 23.2 Å². The molecule has 33 heavy (non-hydrogen) atoms. The molecule has 1 aliphatic heterocycles. The fourth-order valence-electron chi connectivity index (χ4n) is 3.90. The van der Waals surface area contributed by atoms with E-state index in [1.165, 1.54) is 16.4 Å². The van der Waals surface area contributed by atoms with Crippen molar-refractivity contribution in [3.05, 3.63) is 88.4 Å². The van der Waals surface area contributed by atoms with Gasteiger partial charge in [0.05, 0.1) is 18.0 Å². The summed E-state index contributed by atoms with van der Waals surface area (Å²) >= 11 is 3.47. The van der Waals surface area contributed by atoms with E-state index < -0.39 is 10.0 Å². The van der Waals surface area contributed by atoms with E-state index in [9.17, 15) is 13.2 Å². The summed E-state index contributed by atoms with van der Waals surface area (Å²) in [6.07, 6.45) is 0.741. The Morgan fingerprint density at radius 1 is 1.06 bits per heavy atom. The highest BCUT2D eigenvalue weighted by Gasteiger charge is 2.31. The number of carbonyl (C=O) groups is 1. The second-order valence-corrected chi connectivity index (χ2v) is 10.6. The molecule has 0 aliphatic carbocycles. The Hall–Kier alpha value is -2.68. The van der Waals surface area contributed by atoms with Crippen molar-refractivity contribution in [2.45, 2.75) is 24.8 Å². The molecule has 0 fully saturated rings. The summed E-state index contributed by atoms with van der Waals surface area (Å²) in [6.45, 7) is 2.75. The molecule has 1 amide bonds. The van der Waals surface area contributed by atoms with Crippen molar-refractivity contribution in [2.75, 3.05) is 24.6 Å². The number of fused-ring (bicyclic) bond motifs is 1. The molecule has 1 heterocycles. The van der Waals surface area contributed by atoms with Crippen LogP contribution in [0.3, 0.4) is 0 Å². The number of ether oxygens (including phenoxy) is 1. The maximum Gasteiger partial charge on any atom is 0.243 e. The van der Waals surface area contributed by atoms with Gasteiger partial charge in [0.25, 0.3) is 0 Å². The number of halogens is 1. The van der Waals surface area contributed by atoms with E-state index in [1.54, 1.807) is 17.0 Å². The van der Waals surface area contributed by atoms with Gasteiger partial charge >= 0.3 is 0 Å². The van der Waals surface area contributed by atoms with E-state index in [0.717, 1.165) is 27.7 Å². The third kappa shape index (κ3) is 5.29. The highest BCUT2D eigenvalue weighted by Crippen LogP contribution is 2.31. The van der Waals surface area contributed by atoms with Crippen LogP contribution < -0.4 is 9.64 Å². The minimum Gasteiger partial charge on any atom is -0.494 e. The summed E-state index contributed by atoms with van der Waals surface area (Å²) in [5.41, 5.74) is 2.72. The molecule has 6 nitrogen and oxygen atoms in total. The minimum atomic E-state index is -3.92. The Morgan fingerprint density at radius 2 is 1.79 bits per heavy atom. The minimum absolute atomic E-state index is 0.100. The number of rotatable bonds is 8. The largest absolute Gasteiger partial charge is 0.494 e. The van der Waals surface area contributed by atoms with Gasteiger partial charge in [-0.25, -0.2) is 8.42 Å². The van der Waals surface area contributed by atoms with Gasteiger partial charge in [0.15, 0.2) is 0 Å². The lowest BCUT2D eigenvalue weighted by molar-refractivity contribution is -0.118. The quantitative estimate of drug-likeness (QED) is 0.427. The van der Waals surface area contributed by atoms with Crippen LogP contribution in [-0.4, -0.2) is 38.3 Å². The summed E-state index contributed by atoms with van der Waals surface area (Å²) < 4.78 is 34.7. The van der Waals surface area contributed by atoms with Crippen LogP contribution in [-0.2, 0) is 27.8 Å². The molecule has 0 aromatic heterocycles. The number of anilines is 1. The lowest BCUT2D eigenvalue weighted by Gasteiger charge is -2.25. The fraction of sp³-hybridized carbons (Fsp3) is 0.240. The fourth-order valence-corrected chi connectivity index (χ4v) is 5.69. The van der Waals surface area contributed by atoms with Crippen LogP contribution >= 0.6 is 15.9 Å². The average molecular weight is 529 g/mol. The average Bonchev–Trinajstić information content (AvgIpc) is 3.23. The van der Waals surface area contributed by atoms with Crippen molar-refractivity contribution in [3.63, 3.8) is 0 Å². The Morgan fingerprint density at radius 3 is 2.48 bits per heavy atom. The molecule has 1 aliphatic rings. The number of hydrogen-bond acceptors (Lipinski definition) is 4. The molecule has 3 aromatic carbocycles. The van der Waals surface area contributed by atoms with Gasteiger partial charge in [-0.2, -0.15) is 4.31 Å². The molecule has 0 N–H and O–H groups in total. The SMILES string of the molecule is CCOc1ccc(S(=O)(=O)N(CC(=O)N2CCc3cc(Br)ccc32)Cc2ccccc2)cc1. The summed E-state index contributed by atoms with van der Waals surface area (Å²) in [6, 6.07) is 21.4. The Kier molecular flexibility index (Phi) is 7.17. The zero-order valence-corrected chi connectivity index (χ0v) is 20.7. The van der Waals surface area contributed by atoms with Crippen LogP contribution in [0.1, 0.15) is 18.1 Å². The second kappa shape index (κ2) is 10.1. The molecule has 0 spiro atoms. The first-order chi connectivity index (χ1) is 15.9. The van der Waals surface area contributed by atoms with Crippen molar-refractivity contribution < 1.29 is 17.9 Å². The molecule has 0 bridgehead atoms. The number of nitrogens with zero attached hydrogens (tertiary/aromatic N) is 2. The van der Waals surface area contributed by atoms with Crippen LogP contribution in [0, 0.1) is 0 Å². The van der Waals surface area contributed by atoms with Gasteiger partial charge in [-0.15, -0.1) is 0 Å². The molecule has 0 radical (unpaired) electrons. The third-order valence-corrected chi connectivity index (χ3v) is 7.82. The number of carbonyl (C=O) groups excluding carboxylic acids is 1. The van der Waals surface area contributed by atoms with Gasteiger partial charge in [0.1, 0.15) is 5.75 Å². The van der Waals surface area contributed by atoms with Crippen LogP contribution in [0.2, 0.25) is 0 Å². The first-order valence-electron chi connectivity index (χ1n) is 10.7. The molecule has 172 valence electrons. The summed E-state index contributed by atoms with van der Waals surface area (Å²) in [7, 11) is -3.92. The third-order valence-electron chi connectivity index (χ3n) is 5.52. The maximum atomic E-state index is 13.6. The summed E-state index contributed by atoms with van der Waals surface area (Å²) in [4.78, 5) is 15.1. The molecule has 3 aromatic rings. The number of hydrogen-bond donors (Lipinski definition) is 0. The predicted molar refractivity (Wildman–Crippen MR) is 132 cm³/mol. The Balaban J connectivity index is 1.62. The molecule has 0 saturated heterocycles. The van der Waals surface area contributed by atoms with E-state index in [4.69, 9.17) is 4.74 Å². The van der Waals surface area contributed by atoms with E-state index in [0.29, 0.717) is 18.9 Å². The maximum absolute atomic E-state index is 13.6. The molecule has 4 rings (SSSR count). The summed E-state index contributed by atoms with van der Waals surface area (Å²) in [5, 5.41) is 0. The predicted octanol–water partition coefficient (Wildman–Crippen LogP) is 4.63. The van der Waals surface area contributed by atoms with Crippen LogP contribution in [0.5, 0.6) is 5.75 Å². The Labute approximate surface area is 203 Å². The molecule has 0 unspecified atom stereocenters. The van der Waals surface area contributed by atoms with E-state index >= 15 is 0 Å². The van der Waals surface area contributed by atoms with Gasteiger partial charge in [0.2, 0.25) is 15.9 Å². The van der Waals surface area contributed by atoms with Crippen molar-refractivity contribution in [1.29, 1.82) is 0 Å². The molecular weight excluding hydrogens is 504 g/mol. The van der Waals surface area contributed by atoms with Crippen molar-refractivity contribution in [1.82, 2.24) is 4.31 Å². The van der Waals surface area contributed by atoms with Gasteiger partial charge < -0.3 is 9.64 Å². The monoisotopic (exact) mass is 528 g/mol. The lowest BCUT2D eigenvalue weighted by Crippen LogP contribution is -2.42. The first-order valence-corrected chi connectivity index (χ1v) is 13.0. The van der Waals surface area contributed by atoms with Crippen molar-refractivity contribution >= 4 is 37.5 Å². The Bertz CT molecular complexity index is 1230. The molecule has 0 saturated carbocycles. The zero-order valence-electron chi connectivity index (χ0n) is 18.3. The highest BCUT2D eigenvalue weighted by atomic mass is 79.9. The van der Waals surface area contributed by atoms with Gasteiger partial charge in [-0.05, 0) is 66.9 Å². The number of sulfonamides is 1. The topological polar surface area (TPSA) is 66.9 Å². The van der Waals surface area contributed by atoms with Crippen molar-refractivity contribution in [3.8, 4) is 5.75 Å². The molecule has 8 heteroatoms. The van der Waals surface area contributed by atoms with Gasteiger partial charge in [-0.1, -0.05) is 46.3 Å². The van der Waals surface area contributed by atoms with E-state index in [1.807, 2.05) is 55.5 Å². The zero-order chi connectivity index (χ0) is 23.4. The normalized spacial score (nSPS) is 13.2. The van der Waals surface area contributed by atoms with Crippen LogP contribution in [0.15, 0.2) is 82.2 Å². The van der Waals surface area contributed by atoms with Crippen LogP contribution in [0.4, 0.5) is 5.69 Å². The van der Waals surface area contributed by atoms with E-state index in [2.05, 4.69) is 15.9 Å². The van der Waals surface area contributed by atoms with E-state index in [-0.39, 0.29) is 23.9 Å². The van der Waals surface area contributed by atoms with Gasteiger partial charge in [-0.3, -0.25) is 4.79 Å². The van der Waals surface area contributed by atoms with Crippen molar-refractivity contribution in [2.24, 2.45) is 0 Å². The number of amides is 1. The standard InChI is InChI=1S/C25H25BrN2O4S/c1-2-32-22-9-11-23(12-10-22)33(30,31)27(17-19-6-4-3-5-7-19)18-25(29)28-15-14-20-16-21(26)8-13-24(20)28/h3-13,16H,2,14-15,17-18H2,1H3. The number of benzene rings is 3. The van der Waals surface area contributed by atoms with Crippen LogP contribution in [0.25, 0.3) is 0 Å².